The molecule has 22 heavy (non-hydrogen) atoms. The van der Waals surface area contributed by atoms with Crippen LogP contribution in [0.4, 0.5) is 5.69 Å². The summed E-state index contributed by atoms with van der Waals surface area (Å²) in [5.41, 5.74) is 6.59. The molecule has 0 aliphatic heterocycles. The zero-order chi connectivity index (χ0) is 15.9. The molecule has 8 nitrogen and oxygen atoms in total. The van der Waals surface area contributed by atoms with Crippen LogP contribution >= 0.6 is 0 Å². The summed E-state index contributed by atoms with van der Waals surface area (Å²) in [4.78, 5) is 8.30. The molecule has 0 saturated heterocycles. The number of hydrogen-bond acceptors (Lipinski definition) is 6. The van der Waals surface area contributed by atoms with Gasteiger partial charge in [-0.1, -0.05) is 5.16 Å². The van der Waals surface area contributed by atoms with E-state index in [0.717, 1.165) is 5.69 Å². The van der Waals surface area contributed by atoms with Crippen molar-refractivity contribution in [3.63, 3.8) is 0 Å². The fraction of sp³-hybridized carbons (Fsp3) is 0.357. The lowest BCUT2D eigenvalue weighted by Gasteiger charge is -2.10. The number of aromatic nitrogens is 2. The highest BCUT2D eigenvalue weighted by Crippen LogP contribution is 2.29. The number of methoxy groups -OCH3 is 2. The SMILES string of the molecule is COc1ccc(NC(N)=NCCc2nc(C)no2)cc1OC. The van der Waals surface area contributed by atoms with Crippen molar-refractivity contribution in [3.8, 4) is 11.5 Å². The predicted molar refractivity (Wildman–Crippen MR) is 82.4 cm³/mol. The van der Waals surface area contributed by atoms with E-state index in [1.54, 1.807) is 33.3 Å². The van der Waals surface area contributed by atoms with Crippen LogP contribution in [0.5, 0.6) is 11.5 Å². The van der Waals surface area contributed by atoms with Gasteiger partial charge in [0.05, 0.1) is 20.8 Å². The van der Waals surface area contributed by atoms with Gasteiger partial charge in [0.1, 0.15) is 0 Å². The molecule has 0 radical (unpaired) electrons. The molecule has 118 valence electrons. The van der Waals surface area contributed by atoms with Crippen LogP contribution in [0.2, 0.25) is 0 Å². The van der Waals surface area contributed by atoms with Crippen LogP contribution in [0.3, 0.4) is 0 Å². The predicted octanol–water partition coefficient (Wildman–Crippen LogP) is 1.36. The van der Waals surface area contributed by atoms with E-state index in [4.69, 9.17) is 19.7 Å². The number of guanidine groups is 1. The Morgan fingerprint density at radius 3 is 2.73 bits per heavy atom. The van der Waals surface area contributed by atoms with Crippen LogP contribution in [0, 0.1) is 6.92 Å². The molecular weight excluding hydrogens is 286 g/mol. The van der Waals surface area contributed by atoms with Gasteiger partial charge in [0, 0.05) is 18.2 Å². The molecule has 2 aromatic rings. The molecule has 2 rings (SSSR count). The molecule has 1 heterocycles. The fourth-order valence-corrected chi connectivity index (χ4v) is 1.81. The molecular formula is C14H19N5O3. The van der Waals surface area contributed by atoms with Crippen LogP contribution in [0.1, 0.15) is 11.7 Å². The number of hydrogen-bond donors (Lipinski definition) is 2. The Morgan fingerprint density at radius 1 is 1.32 bits per heavy atom. The van der Waals surface area contributed by atoms with Crippen molar-refractivity contribution in [2.75, 3.05) is 26.1 Å². The minimum Gasteiger partial charge on any atom is -0.493 e. The van der Waals surface area contributed by atoms with Gasteiger partial charge in [0.15, 0.2) is 23.3 Å². The van der Waals surface area contributed by atoms with Crippen molar-refractivity contribution in [1.82, 2.24) is 10.1 Å². The monoisotopic (exact) mass is 305 g/mol. The Labute approximate surface area is 128 Å². The third-order valence-electron chi connectivity index (χ3n) is 2.83. The van der Waals surface area contributed by atoms with Gasteiger partial charge in [-0.05, 0) is 19.1 Å². The molecule has 0 spiro atoms. The number of nitrogens with zero attached hydrogens (tertiary/aromatic N) is 3. The van der Waals surface area contributed by atoms with Crippen LogP contribution in [-0.2, 0) is 6.42 Å². The molecule has 0 amide bonds. The average Bonchev–Trinajstić information content (AvgIpc) is 2.92. The van der Waals surface area contributed by atoms with Crippen LogP contribution < -0.4 is 20.5 Å². The molecule has 0 unspecified atom stereocenters. The molecule has 0 aliphatic rings. The number of rotatable bonds is 6. The average molecular weight is 305 g/mol. The van der Waals surface area contributed by atoms with Crippen LogP contribution in [-0.4, -0.2) is 36.9 Å². The van der Waals surface area contributed by atoms with Crippen molar-refractivity contribution in [1.29, 1.82) is 0 Å². The van der Waals surface area contributed by atoms with Crippen molar-refractivity contribution in [2.24, 2.45) is 10.7 Å². The maximum Gasteiger partial charge on any atom is 0.228 e. The van der Waals surface area contributed by atoms with E-state index >= 15 is 0 Å². The highest BCUT2D eigenvalue weighted by Gasteiger charge is 2.05. The summed E-state index contributed by atoms with van der Waals surface area (Å²) < 4.78 is 15.4. The molecule has 3 N–H and O–H groups in total. The summed E-state index contributed by atoms with van der Waals surface area (Å²) in [6.45, 7) is 2.22. The number of aliphatic imine (C=N–C) groups is 1. The molecule has 0 aliphatic carbocycles. The number of benzene rings is 1. The molecule has 0 fully saturated rings. The fourth-order valence-electron chi connectivity index (χ4n) is 1.81. The lowest BCUT2D eigenvalue weighted by atomic mass is 10.3. The van der Waals surface area contributed by atoms with E-state index in [9.17, 15) is 0 Å². The quantitative estimate of drug-likeness (QED) is 0.613. The number of nitrogens with one attached hydrogen (secondary N) is 1. The third-order valence-corrected chi connectivity index (χ3v) is 2.83. The molecule has 1 aromatic carbocycles. The minimum absolute atomic E-state index is 0.295. The highest BCUT2D eigenvalue weighted by atomic mass is 16.5. The molecule has 1 aromatic heterocycles. The van der Waals surface area contributed by atoms with E-state index < -0.39 is 0 Å². The lowest BCUT2D eigenvalue weighted by Crippen LogP contribution is -2.23. The maximum atomic E-state index is 5.84. The van der Waals surface area contributed by atoms with Crippen LogP contribution in [0.15, 0.2) is 27.7 Å². The third kappa shape index (κ3) is 4.11. The second-order valence-electron chi connectivity index (χ2n) is 4.45. The summed E-state index contributed by atoms with van der Waals surface area (Å²) in [5, 5.41) is 6.70. The Kier molecular flexibility index (Phi) is 5.18. The summed E-state index contributed by atoms with van der Waals surface area (Å²) in [7, 11) is 3.16. The van der Waals surface area contributed by atoms with Gasteiger partial charge in [-0.15, -0.1) is 0 Å². The van der Waals surface area contributed by atoms with Crippen molar-refractivity contribution >= 4 is 11.6 Å². The lowest BCUT2D eigenvalue weighted by molar-refractivity contribution is 0.355. The van der Waals surface area contributed by atoms with E-state index in [1.165, 1.54) is 0 Å². The van der Waals surface area contributed by atoms with Gasteiger partial charge in [0.25, 0.3) is 0 Å². The molecule has 0 bridgehead atoms. The number of anilines is 1. The molecule has 0 atom stereocenters. The Bertz CT molecular complexity index is 654. The maximum absolute atomic E-state index is 5.84. The van der Waals surface area contributed by atoms with Gasteiger partial charge in [0.2, 0.25) is 5.89 Å². The standard InChI is InChI=1S/C14H19N5O3/c1-9-17-13(22-19-9)6-7-16-14(15)18-10-4-5-11(20-2)12(8-10)21-3/h4-5,8H,6-7H2,1-3H3,(H3,15,16,18). The highest BCUT2D eigenvalue weighted by molar-refractivity contribution is 5.92. The van der Waals surface area contributed by atoms with Gasteiger partial charge in [-0.2, -0.15) is 4.98 Å². The first-order valence-electron chi connectivity index (χ1n) is 6.70. The Balaban J connectivity index is 1.93. The second-order valence-corrected chi connectivity index (χ2v) is 4.45. The Hall–Kier alpha value is -2.77. The number of aryl methyl sites for hydroxylation is 1. The molecule has 0 saturated carbocycles. The van der Waals surface area contributed by atoms with Gasteiger partial charge in [-0.25, -0.2) is 0 Å². The minimum atomic E-state index is 0.295. The normalized spacial score (nSPS) is 11.3. The zero-order valence-corrected chi connectivity index (χ0v) is 12.8. The number of nitrogens with two attached hydrogens (primary N) is 1. The van der Waals surface area contributed by atoms with E-state index in [2.05, 4.69) is 20.4 Å². The molecule has 8 heteroatoms. The largest absolute Gasteiger partial charge is 0.493 e. The van der Waals surface area contributed by atoms with Crippen molar-refractivity contribution in [2.45, 2.75) is 13.3 Å². The van der Waals surface area contributed by atoms with Crippen molar-refractivity contribution in [3.05, 3.63) is 29.9 Å². The van der Waals surface area contributed by atoms with Crippen molar-refractivity contribution < 1.29 is 14.0 Å². The summed E-state index contributed by atoms with van der Waals surface area (Å²) in [6.07, 6.45) is 0.537. The Morgan fingerprint density at radius 2 is 2.09 bits per heavy atom. The zero-order valence-electron chi connectivity index (χ0n) is 12.8. The van der Waals surface area contributed by atoms with E-state index in [0.29, 0.717) is 42.1 Å². The summed E-state index contributed by atoms with van der Waals surface area (Å²) >= 11 is 0. The number of ether oxygens (including phenoxy) is 2. The summed E-state index contributed by atoms with van der Waals surface area (Å²) in [6, 6.07) is 5.39. The van der Waals surface area contributed by atoms with Crippen LogP contribution in [0.25, 0.3) is 0 Å². The first-order valence-corrected chi connectivity index (χ1v) is 6.70. The summed E-state index contributed by atoms with van der Waals surface area (Å²) in [5.74, 6) is 2.70. The van der Waals surface area contributed by atoms with Gasteiger partial charge < -0.3 is 25.0 Å². The van der Waals surface area contributed by atoms with Gasteiger partial charge in [-0.3, -0.25) is 4.99 Å². The topological polar surface area (TPSA) is 108 Å². The van der Waals surface area contributed by atoms with E-state index in [1.807, 2.05) is 6.07 Å². The first-order chi connectivity index (χ1) is 10.6. The first kappa shape index (κ1) is 15.6. The smallest absolute Gasteiger partial charge is 0.228 e. The van der Waals surface area contributed by atoms with E-state index in [-0.39, 0.29) is 0 Å². The van der Waals surface area contributed by atoms with Gasteiger partial charge >= 0.3 is 0 Å². The second kappa shape index (κ2) is 7.30.